The molecule has 3 rings (SSSR count). The van der Waals surface area contributed by atoms with Crippen molar-refractivity contribution in [3.05, 3.63) is 46.0 Å². The van der Waals surface area contributed by atoms with Crippen LogP contribution in [0.3, 0.4) is 0 Å². The number of H-pyrrole nitrogens is 1. The third-order valence-corrected chi connectivity index (χ3v) is 4.37. The molecule has 2 N–H and O–H groups in total. The first-order chi connectivity index (χ1) is 12.4. The highest BCUT2D eigenvalue weighted by Crippen LogP contribution is 2.20. The van der Waals surface area contributed by atoms with Gasteiger partial charge in [-0.1, -0.05) is 0 Å². The van der Waals surface area contributed by atoms with E-state index in [1.54, 1.807) is 0 Å². The number of carboxylic acid groups (broad SMARTS) is 1. The maximum absolute atomic E-state index is 13.4. The van der Waals surface area contributed by atoms with E-state index in [0.29, 0.717) is 12.0 Å². The first-order valence-corrected chi connectivity index (χ1v) is 8.39. The SMILES string of the molecule is O=C(O)CCN(C[C@H]1CCCO1)C(=O)c1cc(=O)[nH]c2cc(F)ccc12. The number of nitrogens with one attached hydrogen (secondary N) is 1. The molecule has 0 aliphatic carbocycles. The number of ether oxygens (including phenoxy) is 1. The summed E-state index contributed by atoms with van der Waals surface area (Å²) in [7, 11) is 0. The van der Waals surface area contributed by atoms with Crippen LogP contribution in [0, 0.1) is 5.82 Å². The van der Waals surface area contributed by atoms with Crippen molar-refractivity contribution in [3.63, 3.8) is 0 Å². The molecule has 1 aromatic heterocycles. The molecule has 2 aromatic rings. The number of hydrogen-bond acceptors (Lipinski definition) is 4. The minimum absolute atomic E-state index is 0.00349. The Balaban J connectivity index is 1.95. The van der Waals surface area contributed by atoms with Gasteiger partial charge in [-0.2, -0.15) is 0 Å². The molecule has 0 unspecified atom stereocenters. The first kappa shape index (κ1) is 18.1. The Morgan fingerprint density at radius 2 is 2.15 bits per heavy atom. The van der Waals surface area contributed by atoms with Crippen LogP contribution >= 0.6 is 0 Å². The normalized spacial score (nSPS) is 16.7. The fourth-order valence-electron chi connectivity index (χ4n) is 3.12. The van der Waals surface area contributed by atoms with Crippen molar-refractivity contribution in [3.8, 4) is 0 Å². The minimum Gasteiger partial charge on any atom is -0.481 e. The molecular formula is C18H19FN2O5. The predicted octanol–water partition coefficient (Wildman–Crippen LogP) is 1.76. The van der Waals surface area contributed by atoms with Gasteiger partial charge in [0.15, 0.2) is 0 Å². The smallest absolute Gasteiger partial charge is 0.305 e. The largest absolute Gasteiger partial charge is 0.481 e. The molecule has 138 valence electrons. The second-order valence-corrected chi connectivity index (χ2v) is 6.27. The van der Waals surface area contributed by atoms with E-state index in [1.807, 2.05) is 0 Å². The summed E-state index contributed by atoms with van der Waals surface area (Å²) in [4.78, 5) is 39.7. The maximum Gasteiger partial charge on any atom is 0.305 e. The molecule has 2 heterocycles. The number of hydrogen-bond donors (Lipinski definition) is 2. The molecule has 0 radical (unpaired) electrons. The highest BCUT2D eigenvalue weighted by atomic mass is 19.1. The van der Waals surface area contributed by atoms with E-state index >= 15 is 0 Å². The molecule has 0 spiro atoms. The van der Waals surface area contributed by atoms with Crippen molar-refractivity contribution in [1.29, 1.82) is 0 Å². The lowest BCUT2D eigenvalue weighted by molar-refractivity contribution is -0.137. The van der Waals surface area contributed by atoms with Crippen LogP contribution in [-0.2, 0) is 9.53 Å². The summed E-state index contributed by atoms with van der Waals surface area (Å²) in [6, 6.07) is 4.94. The van der Waals surface area contributed by atoms with Gasteiger partial charge in [0.1, 0.15) is 5.82 Å². The Morgan fingerprint density at radius 1 is 1.35 bits per heavy atom. The molecule has 26 heavy (non-hydrogen) atoms. The lowest BCUT2D eigenvalue weighted by atomic mass is 10.1. The van der Waals surface area contributed by atoms with E-state index in [4.69, 9.17) is 9.84 Å². The van der Waals surface area contributed by atoms with Crippen LogP contribution in [0.5, 0.6) is 0 Å². The van der Waals surface area contributed by atoms with E-state index in [9.17, 15) is 18.8 Å². The molecule has 1 aromatic carbocycles. The Morgan fingerprint density at radius 3 is 2.85 bits per heavy atom. The maximum atomic E-state index is 13.4. The van der Waals surface area contributed by atoms with Crippen LogP contribution in [0.4, 0.5) is 4.39 Å². The third-order valence-electron chi connectivity index (χ3n) is 4.37. The molecule has 8 heteroatoms. The molecule has 7 nitrogen and oxygen atoms in total. The number of aliphatic carboxylic acids is 1. The highest BCUT2D eigenvalue weighted by molar-refractivity contribution is 6.06. The Labute approximate surface area is 148 Å². The van der Waals surface area contributed by atoms with E-state index < -0.39 is 23.3 Å². The average molecular weight is 362 g/mol. The van der Waals surface area contributed by atoms with Gasteiger partial charge in [-0.05, 0) is 31.0 Å². The Kier molecular flexibility index (Phi) is 5.32. The summed E-state index contributed by atoms with van der Waals surface area (Å²) >= 11 is 0. The lowest BCUT2D eigenvalue weighted by Gasteiger charge is -2.25. The number of amides is 1. The number of nitrogens with zero attached hydrogens (tertiary/aromatic N) is 1. The minimum atomic E-state index is -1.02. The van der Waals surface area contributed by atoms with Gasteiger partial charge >= 0.3 is 5.97 Å². The van der Waals surface area contributed by atoms with Crippen LogP contribution < -0.4 is 5.56 Å². The molecule has 1 amide bonds. The van der Waals surface area contributed by atoms with Gasteiger partial charge in [-0.3, -0.25) is 14.4 Å². The number of aromatic nitrogens is 1. The number of carbonyl (C=O) groups excluding carboxylic acids is 1. The van der Waals surface area contributed by atoms with Gasteiger partial charge in [-0.15, -0.1) is 0 Å². The fraction of sp³-hybridized carbons (Fsp3) is 0.389. The van der Waals surface area contributed by atoms with Gasteiger partial charge in [0.2, 0.25) is 5.56 Å². The topological polar surface area (TPSA) is 99.7 Å². The summed E-state index contributed by atoms with van der Waals surface area (Å²) in [6.07, 6.45) is 1.31. The highest BCUT2D eigenvalue weighted by Gasteiger charge is 2.25. The number of halogens is 1. The van der Waals surface area contributed by atoms with Gasteiger partial charge in [-0.25, -0.2) is 4.39 Å². The standard InChI is InChI=1S/C18H19FN2O5/c19-11-3-4-13-14(9-16(22)20-15(13)8-11)18(25)21(6-5-17(23)24)10-12-2-1-7-26-12/h3-4,8-9,12H,1-2,5-7,10H2,(H,20,22)(H,23,24)/t12-/m1/s1. The molecule has 0 bridgehead atoms. The van der Waals surface area contributed by atoms with Gasteiger partial charge in [0, 0.05) is 31.1 Å². The molecule has 1 fully saturated rings. The number of pyridine rings is 1. The van der Waals surface area contributed by atoms with Crippen LogP contribution in [0.15, 0.2) is 29.1 Å². The summed E-state index contributed by atoms with van der Waals surface area (Å²) in [5.41, 5.74) is -0.190. The zero-order valence-electron chi connectivity index (χ0n) is 14.0. The molecular weight excluding hydrogens is 343 g/mol. The lowest BCUT2D eigenvalue weighted by Crippen LogP contribution is -2.39. The number of rotatable bonds is 6. The van der Waals surface area contributed by atoms with Gasteiger partial charge in [0.05, 0.1) is 23.6 Å². The summed E-state index contributed by atoms with van der Waals surface area (Å²) in [5.74, 6) is -2.02. The van der Waals surface area contributed by atoms with Crippen molar-refractivity contribution in [2.24, 2.45) is 0 Å². The number of carboxylic acids is 1. The van der Waals surface area contributed by atoms with Crippen molar-refractivity contribution in [1.82, 2.24) is 9.88 Å². The Hall–Kier alpha value is -2.74. The van der Waals surface area contributed by atoms with Crippen molar-refractivity contribution in [2.45, 2.75) is 25.4 Å². The average Bonchev–Trinajstić information content (AvgIpc) is 3.09. The van der Waals surface area contributed by atoms with Crippen LogP contribution in [0.25, 0.3) is 10.9 Å². The summed E-state index contributed by atoms with van der Waals surface area (Å²) in [6.45, 7) is 0.865. The molecule has 0 saturated carbocycles. The summed E-state index contributed by atoms with van der Waals surface area (Å²) < 4.78 is 19.0. The van der Waals surface area contributed by atoms with Crippen molar-refractivity contribution in [2.75, 3.05) is 19.7 Å². The van der Waals surface area contributed by atoms with Crippen LogP contribution in [0.2, 0.25) is 0 Å². The van der Waals surface area contributed by atoms with E-state index in [-0.39, 0.29) is 36.7 Å². The summed E-state index contributed by atoms with van der Waals surface area (Å²) in [5, 5.41) is 9.36. The monoisotopic (exact) mass is 362 g/mol. The molecule has 1 aliphatic heterocycles. The number of carbonyl (C=O) groups is 2. The zero-order valence-corrected chi connectivity index (χ0v) is 14.0. The molecule has 1 atom stereocenters. The van der Waals surface area contributed by atoms with Crippen molar-refractivity contribution >= 4 is 22.8 Å². The van der Waals surface area contributed by atoms with Gasteiger partial charge in [0.25, 0.3) is 5.91 Å². The number of fused-ring (bicyclic) bond motifs is 1. The van der Waals surface area contributed by atoms with E-state index in [0.717, 1.165) is 25.0 Å². The van der Waals surface area contributed by atoms with Crippen LogP contribution in [-0.4, -0.2) is 52.7 Å². The predicted molar refractivity (Wildman–Crippen MR) is 91.7 cm³/mol. The third kappa shape index (κ3) is 4.08. The first-order valence-electron chi connectivity index (χ1n) is 8.39. The van der Waals surface area contributed by atoms with E-state index in [1.165, 1.54) is 17.0 Å². The van der Waals surface area contributed by atoms with Crippen molar-refractivity contribution < 1.29 is 23.8 Å². The second-order valence-electron chi connectivity index (χ2n) is 6.27. The number of benzene rings is 1. The quantitative estimate of drug-likeness (QED) is 0.816. The van der Waals surface area contributed by atoms with Crippen LogP contribution in [0.1, 0.15) is 29.6 Å². The Bertz CT molecular complexity index is 889. The molecule has 1 saturated heterocycles. The zero-order chi connectivity index (χ0) is 18.7. The second kappa shape index (κ2) is 7.65. The van der Waals surface area contributed by atoms with E-state index in [2.05, 4.69) is 4.98 Å². The van der Waals surface area contributed by atoms with Gasteiger partial charge < -0.3 is 19.7 Å². The number of aromatic amines is 1. The fourth-order valence-corrected chi connectivity index (χ4v) is 3.12. The molecule has 1 aliphatic rings.